The summed E-state index contributed by atoms with van der Waals surface area (Å²) in [6.07, 6.45) is -2.08. The number of carboxylic acid groups (broad SMARTS) is 1. The van der Waals surface area contributed by atoms with Gasteiger partial charge in [-0.25, -0.2) is 9.18 Å². The predicted octanol–water partition coefficient (Wildman–Crippen LogP) is 0.970. The Morgan fingerprint density at radius 3 is 2.17 bits per heavy atom. The summed E-state index contributed by atoms with van der Waals surface area (Å²) >= 11 is 0. The van der Waals surface area contributed by atoms with Crippen LogP contribution in [-0.2, 0) is 4.79 Å². The van der Waals surface area contributed by atoms with Crippen LogP contribution in [0.15, 0.2) is 6.07 Å². The zero-order valence-corrected chi connectivity index (χ0v) is 10.1. The van der Waals surface area contributed by atoms with E-state index in [9.17, 15) is 14.3 Å². The molecule has 0 bridgehead atoms. The number of rotatable bonds is 5. The van der Waals surface area contributed by atoms with Gasteiger partial charge in [-0.2, -0.15) is 0 Å². The molecule has 0 amide bonds. The zero-order chi connectivity index (χ0) is 13.9. The van der Waals surface area contributed by atoms with E-state index < -0.39 is 23.5 Å². The molecule has 0 fully saturated rings. The third-order valence-corrected chi connectivity index (χ3v) is 2.33. The summed E-state index contributed by atoms with van der Waals surface area (Å²) in [5, 5.41) is 18.3. The van der Waals surface area contributed by atoms with Crippen molar-refractivity contribution in [2.24, 2.45) is 0 Å². The van der Waals surface area contributed by atoms with Crippen LogP contribution in [0.4, 0.5) is 4.39 Å². The summed E-state index contributed by atoms with van der Waals surface area (Å²) in [6, 6.07) is 1.20. The van der Waals surface area contributed by atoms with Gasteiger partial charge in [0.15, 0.2) is 29.2 Å². The molecule has 1 aromatic carbocycles. The highest BCUT2D eigenvalue weighted by Crippen LogP contribution is 2.41. The molecule has 0 radical (unpaired) electrons. The monoisotopic (exact) mass is 260 g/mol. The van der Waals surface area contributed by atoms with Gasteiger partial charge in [0.25, 0.3) is 0 Å². The van der Waals surface area contributed by atoms with Gasteiger partial charge in [0.05, 0.1) is 26.9 Å². The number of methoxy groups -OCH3 is 3. The first kappa shape index (κ1) is 14.0. The molecule has 0 saturated carbocycles. The molecule has 1 rings (SSSR count). The van der Waals surface area contributed by atoms with Crippen LogP contribution in [0.3, 0.4) is 0 Å². The first-order chi connectivity index (χ1) is 8.47. The summed E-state index contributed by atoms with van der Waals surface area (Å²) in [5.41, 5.74) is -0.541. The van der Waals surface area contributed by atoms with E-state index in [1.54, 1.807) is 0 Å². The highest BCUT2D eigenvalue weighted by molar-refractivity contribution is 5.76. The molecule has 2 N–H and O–H groups in total. The summed E-state index contributed by atoms with van der Waals surface area (Å²) in [7, 11) is 3.72. The van der Waals surface area contributed by atoms with Crippen molar-refractivity contribution in [1.82, 2.24) is 0 Å². The molecule has 0 spiro atoms. The van der Waals surface area contributed by atoms with Crippen molar-refractivity contribution in [1.29, 1.82) is 0 Å². The fourth-order valence-corrected chi connectivity index (χ4v) is 1.49. The smallest absolute Gasteiger partial charge is 0.337 e. The van der Waals surface area contributed by atoms with Crippen molar-refractivity contribution in [2.45, 2.75) is 6.10 Å². The molecule has 18 heavy (non-hydrogen) atoms. The van der Waals surface area contributed by atoms with E-state index >= 15 is 0 Å². The molecular weight excluding hydrogens is 247 g/mol. The molecule has 1 atom stereocenters. The van der Waals surface area contributed by atoms with Crippen molar-refractivity contribution < 1.29 is 33.6 Å². The molecule has 1 unspecified atom stereocenters. The van der Waals surface area contributed by atoms with Crippen molar-refractivity contribution in [3.05, 3.63) is 17.4 Å². The van der Waals surface area contributed by atoms with Gasteiger partial charge < -0.3 is 24.4 Å². The lowest BCUT2D eigenvalue weighted by Gasteiger charge is -2.17. The number of halogens is 1. The second-order valence-corrected chi connectivity index (χ2v) is 3.28. The van der Waals surface area contributed by atoms with Gasteiger partial charge in [-0.05, 0) is 0 Å². The molecule has 1 aromatic rings. The Morgan fingerprint density at radius 2 is 1.78 bits per heavy atom. The van der Waals surface area contributed by atoms with Crippen LogP contribution in [0.5, 0.6) is 17.2 Å². The lowest BCUT2D eigenvalue weighted by molar-refractivity contribution is -0.147. The normalized spacial score (nSPS) is 11.8. The van der Waals surface area contributed by atoms with Crippen LogP contribution < -0.4 is 14.2 Å². The summed E-state index contributed by atoms with van der Waals surface area (Å²) < 4.78 is 28.5. The SMILES string of the molecule is COc1cc(OC)c(OC)c(C(O)C(=O)O)c1F. The van der Waals surface area contributed by atoms with Gasteiger partial charge in [-0.15, -0.1) is 0 Å². The minimum Gasteiger partial charge on any atom is -0.494 e. The Balaban J connectivity index is 3.57. The van der Waals surface area contributed by atoms with E-state index in [0.717, 1.165) is 0 Å². The summed E-state index contributed by atoms with van der Waals surface area (Å²) in [6.45, 7) is 0. The quantitative estimate of drug-likeness (QED) is 0.820. The average molecular weight is 260 g/mol. The van der Waals surface area contributed by atoms with Crippen molar-refractivity contribution in [3.63, 3.8) is 0 Å². The lowest BCUT2D eigenvalue weighted by atomic mass is 10.1. The second-order valence-electron chi connectivity index (χ2n) is 3.28. The van der Waals surface area contributed by atoms with Crippen LogP contribution in [0.1, 0.15) is 11.7 Å². The number of benzene rings is 1. The number of carboxylic acids is 1. The third kappa shape index (κ3) is 2.30. The molecule has 0 heterocycles. The minimum atomic E-state index is -2.08. The van der Waals surface area contributed by atoms with Gasteiger partial charge in [-0.3, -0.25) is 0 Å². The number of hydrogen-bond acceptors (Lipinski definition) is 5. The third-order valence-electron chi connectivity index (χ3n) is 2.33. The molecule has 6 nitrogen and oxygen atoms in total. The maximum absolute atomic E-state index is 14.0. The van der Waals surface area contributed by atoms with Gasteiger partial charge >= 0.3 is 5.97 Å². The number of aliphatic carboxylic acids is 1. The predicted molar refractivity (Wildman–Crippen MR) is 58.7 cm³/mol. The maximum Gasteiger partial charge on any atom is 0.337 e. The summed E-state index contributed by atoms with van der Waals surface area (Å²) in [4.78, 5) is 10.8. The largest absolute Gasteiger partial charge is 0.494 e. The fourth-order valence-electron chi connectivity index (χ4n) is 1.49. The Hall–Kier alpha value is -2.02. The number of aliphatic hydroxyl groups is 1. The van der Waals surface area contributed by atoms with Crippen LogP contribution in [-0.4, -0.2) is 37.5 Å². The Labute approximate surface area is 103 Å². The number of hydrogen-bond donors (Lipinski definition) is 2. The van der Waals surface area contributed by atoms with E-state index in [1.165, 1.54) is 27.4 Å². The Morgan fingerprint density at radius 1 is 1.22 bits per heavy atom. The molecule has 0 aliphatic carbocycles. The summed E-state index contributed by atoms with van der Waals surface area (Å²) in [5.74, 6) is -2.99. The second kappa shape index (κ2) is 5.54. The standard InChI is InChI=1S/C11H13FO6/c1-16-5-4-6(17-2)10(18-3)7(8(5)12)9(13)11(14)15/h4,9,13H,1-3H3,(H,14,15). The van der Waals surface area contributed by atoms with Crippen molar-refractivity contribution in [2.75, 3.05) is 21.3 Å². The number of carbonyl (C=O) groups is 1. The van der Waals surface area contributed by atoms with Crippen LogP contribution >= 0.6 is 0 Å². The molecular formula is C11H13FO6. The molecule has 100 valence electrons. The Bertz CT molecular complexity index is 459. The van der Waals surface area contributed by atoms with Gasteiger partial charge in [-0.1, -0.05) is 0 Å². The first-order valence-electron chi connectivity index (χ1n) is 4.87. The van der Waals surface area contributed by atoms with E-state index in [0.29, 0.717) is 0 Å². The van der Waals surface area contributed by atoms with Crippen LogP contribution in [0.2, 0.25) is 0 Å². The molecule has 7 heteroatoms. The number of ether oxygens (including phenoxy) is 3. The van der Waals surface area contributed by atoms with Crippen LogP contribution in [0, 0.1) is 5.82 Å². The van der Waals surface area contributed by atoms with Crippen LogP contribution in [0.25, 0.3) is 0 Å². The molecule has 0 aliphatic rings. The highest BCUT2D eigenvalue weighted by atomic mass is 19.1. The Kier molecular flexibility index (Phi) is 4.33. The highest BCUT2D eigenvalue weighted by Gasteiger charge is 2.30. The average Bonchev–Trinajstić information content (AvgIpc) is 2.36. The maximum atomic E-state index is 14.0. The van der Waals surface area contributed by atoms with E-state index in [1.807, 2.05) is 0 Å². The van der Waals surface area contributed by atoms with E-state index in [2.05, 4.69) is 0 Å². The number of aliphatic hydroxyl groups excluding tert-OH is 1. The van der Waals surface area contributed by atoms with Gasteiger partial charge in [0, 0.05) is 6.07 Å². The minimum absolute atomic E-state index is 0.0612. The van der Waals surface area contributed by atoms with E-state index in [-0.39, 0.29) is 17.2 Å². The first-order valence-corrected chi connectivity index (χ1v) is 4.87. The van der Waals surface area contributed by atoms with E-state index in [4.69, 9.17) is 19.3 Å². The molecule has 0 saturated heterocycles. The van der Waals surface area contributed by atoms with Crippen molar-refractivity contribution in [3.8, 4) is 17.2 Å². The zero-order valence-electron chi connectivity index (χ0n) is 10.1. The topological polar surface area (TPSA) is 85.2 Å². The molecule has 0 aliphatic heterocycles. The lowest BCUT2D eigenvalue weighted by Crippen LogP contribution is -2.15. The van der Waals surface area contributed by atoms with Crippen molar-refractivity contribution >= 4 is 5.97 Å². The van der Waals surface area contributed by atoms with Gasteiger partial charge in [0.2, 0.25) is 0 Å². The fraction of sp³-hybridized carbons (Fsp3) is 0.364. The van der Waals surface area contributed by atoms with Gasteiger partial charge in [0.1, 0.15) is 0 Å². The molecule has 0 aromatic heterocycles.